The van der Waals surface area contributed by atoms with Gasteiger partial charge in [-0.05, 0) is 44.1 Å². The van der Waals surface area contributed by atoms with Gasteiger partial charge in [0.2, 0.25) is 5.95 Å². The summed E-state index contributed by atoms with van der Waals surface area (Å²) in [6, 6.07) is 8.69. The largest absolute Gasteiger partial charge is 0.340 e. The van der Waals surface area contributed by atoms with Crippen LogP contribution in [0.1, 0.15) is 31.0 Å². The predicted molar refractivity (Wildman–Crippen MR) is 81.1 cm³/mol. The fourth-order valence-corrected chi connectivity index (χ4v) is 2.48. The molecule has 0 saturated carbocycles. The summed E-state index contributed by atoms with van der Waals surface area (Å²) in [4.78, 5) is 2.12. The first-order valence-corrected chi connectivity index (χ1v) is 6.84. The predicted octanol–water partition coefficient (Wildman–Crippen LogP) is 3.47. The highest BCUT2D eigenvalue weighted by Gasteiger charge is 2.14. The Bertz CT molecular complexity index is 612. The number of anilines is 1. The van der Waals surface area contributed by atoms with Gasteiger partial charge in [-0.15, -0.1) is 5.10 Å². The minimum Gasteiger partial charge on any atom is -0.340 e. The number of nitrogens with one attached hydrogen (secondary N) is 1. The summed E-state index contributed by atoms with van der Waals surface area (Å²) in [5, 5.41) is 7.21. The van der Waals surface area contributed by atoms with Crippen LogP contribution in [-0.2, 0) is 6.54 Å². The van der Waals surface area contributed by atoms with Gasteiger partial charge in [0.25, 0.3) is 0 Å². The second kappa shape index (κ2) is 5.57. The van der Waals surface area contributed by atoms with Gasteiger partial charge >= 0.3 is 0 Å². The molecule has 1 aromatic heterocycles. The zero-order valence-electron chi connectivity index (χ0n) is 11.8. The molecule has 0 atom stereocenters. The van der Waals surface area contributed by atoms with Crippen LogP contribution >= 0.6 is 12.2 Å². The van der Waals surface area contributed by atoms with Crippen LogP contribution in [0.3, 0.4) is 0 Å². The summed E-state index contributed by atoms with van der Waals surface area (Å²) in [5.41, 5.74) is 2.59. The Morgan fingerprint density at radius 3 is 2.68 bits per heavy atom. The van der Waals surface area contributed by atoms with E-state index >= 15 is 0 Å². The van der Waals surface area contributed by atoms with Gasteiger partial charge in [0.05, 0.1) is 0 Å². The fourth-order valence-electron chi connectivity index (χ4n) is 2.14. The molecule has 0 aliphatic rings. The van der Waals surface area contributed by atoms with Crippen LogP contribution in [0.2, 0.25) is 0 Å². The second-order valence-electron chi connectivity index (χ2n) is 5.08. The third kappa shape index (κ3) is 2.87. The Labute approximate surface area is 119 Å². The minimum absolute atomic E-state index is 0.292. The van der Waals surface area contributed by atoms with E-state index in [1.807, 2.05) is 11.6 Å². The quantitative estimate of drug-likeness (QED) is 0.869. The van der Waals surface area contributed by atoms with Crippen molar-refractivity contribution in [2.45, 2.75) is 33.4 Å². The summed E-state index contributed by atoms with van der Waals surface area (Å²) in [6.07, 6.45) is 0. The van der Waals surface area contributed by atoms with Gasteiger partial charge in [-0.3, -0.25) is 4.57 Å². The number of benzene rings is 1. The third-order valence-corrected chi connectivity index (χ3v) is 3.50. The zero-order valence-corrected chi connectivity index (χ0v) is 12.7. The maximum absolute atomic E-state index is 5.28. The van der Waals surface area contributed by atoms with E-state index in [-0.39, 0.29) is 0 Å². The normalized spacial score (nSPS) is 11.0. The molecule has 2 rings (SSSR count). The molecule has 1 heterocycles. The summed E-state index contributed by atoms with van der Waals surface area (Å²) in [7, 11) is 2.04. The minimum atomic E-state index is 0.292. The van der Waals surface area contributed by atoms with E-state index in [0.717, 1.165) is 12.5 Å². The van der Waals surface area contributed by atoms with Crippen LogP contribution in [0.15, 0.2) is 24.3 Å². The van der Waals surface area contributed by atoms with Crippen LogP contribution < -0.4 is 4.90 Å². The second-order valence-corrected chi connectivity index (χ2v) is 5.46. The molecule has 102 valence electrons. The van der Waals surface area contributed by atoms with Gasteiger partial charge < -0.3 is 4.90 Å². The molecule has 0 aliphatic heterocycles. The van der Waals surface area contributed by atoms with Crippen molar-refractivity contribution in [3.8, 4) is 0 Å². The first kappa shape index (κ1) is 13.8. The molecule has 0 fully saturated rings. The standard InChI is InChI=1S/C14H20N4S/c1-10(2)18-13(15-16-14(18)19)17(4)9-12-8-6-5-7-11(12)3/h5-8,10H,9H2,1-4H3,(H,16,19). The van der Waals surface area contributed by atoms with E-state index in [9.17, 15) is 0 Å². The van der Waals surface area contributed by atoms with Crippen LogP contribution in [0.4, 0.5) is 5.95 Å². The van der Waals surface area contributed by atoms with Gasteiger partial charge in [-0.1, -0.05) is 24.3 Å². The Morgan fingerprint density at radius 1 is 1.37 bits per heavy atom. The van der Waals surface area contributed by atoms with E-state index in [0.29, 0.717) is 10.8 Å². The lowest BCUT2D eigenvalue weighted by Crippen LogP contribution is -2.22. The Balaban J connectivity index is 2.28. The summed E-state index contributed by atoms with van der Waals surface area (Å²) < 4.78 is 2.70. The molecule has 0 unspecified atom stereocenters. The molecule has 0 saturated heterocycles. The lowest BCUT2D eigenvalue weighted by Gasteiger charge is -2.21. The fraction of sp³-hybridized carbons (Fsp3) is 0.429. The first-order valence-electron chi connectivity index (χ1n) is 6.43. The first-order chi connectivity index (χ1) is 9.00. The van der Waals surface area contributed by atoms with Gasteiger partial charge in [0.1, 0.15) is 0 Å². The molecule has 2 aromatic rings. The van der Waals surface area contributed by atoms with Gasteiger partial charge in [0, 0.05) is 19.6 Å². The summed E-state index contributed by atoms with van der Waals surface area (Å²) in [6.45, 7) is 7.16. The average Bonchev–Trinajstić information content (AvgIpc) is 2.74. The van der Waals surface area contributed by atoms with Crippen LogP contribution in [0.5, 0.6) is 0 Å². The number of aromatic amines is 1. The molecule has 0 spiro atoms. The number of H-pyrrole nitrogens is 1. The van der Waals surface area contributed by atoms with Crippen LogP contribution in [0, 0.1) is 11.7 Å². The van der Waals surface area contributed by atoms with Crippen LogP contribution in [0.25, 0.3) is 0 Å². The van der Waals surface area contributed by atoms with Crippen molar-refractivity contribution < 1.29 is 0 Å². The van der Waals surface area contributed by atoms with E-state index in [1.165, 1.54) is 11.1 Å². The van der Waals surface area contributed by atoms with Crippen molar-refractivity contribution in [2.75, 3.05) is 11.9 Å². The highest BCUT2D eigenvalue weighted by Crippen LogP contribution is 2.19. The number of aryl methyl sites for hydroxylation is 1. The molecule has 4 nitrogen and oxygen atoms in total. The Hall–Kier alpha value is -1.62. The third-order valence-electron chi connectivity index (χ3n) is 3.21. The zero-order chi connectivity index (χ0) is 14.0. The maximum atomic E-state index is 5.28. The van der Waals surface area contributed by atoms with Crippen molar-refractivity contribution >= 4 is 18.2 Å². The monoisotopic (exact) mass is 276 g/mol. The smallest absolute Gasteiger partial charge is 0.226 e. The van der Waals surface area contributed by atoms with Gasteiger partial charge in [0.15, 0.2) is 4.77 Å². The Kier molecular flexibility index (Phi) is 4.04. The van der Waals surface area contributed by atoms with E-state index in [4.69, 9.17) is 12.2 Å². The molecule has 19 heavy (non-hydrogen) atoms. The maximum Gasteiger partial charge on any atom is 0.226 e. The highest BCUT2D eigenvalue weighted by molar-refractivity contribution is 7.71. The van der Waals surface area contributed by atoms with Gasteiger partial charge in [-0.25, -0.2) is 5.10 Å². The number of nitrogens with zero attached hydrogens (tertiary/aromatic N) is 3. The molecule has 0 bridgehead atoms. The van der Waals surface area contributed by atoms with Crippen molar-refractivity contribution in [1.82, 2.24) is 14.8 Å². The van der Waals surface area contributed by atoms with E-state index in [2.05, 4.69) is 60.1 Å². The van der Waals surface area contributed by atoms with E-state index < -0.39 is 0 Å². The molecule has 0 radical (unpaired) electrons. The molecular formula is C14H20N4S. The average molecular weight is 276 g/mol. The topological polar surface area (TPSA) is 36.9 Å². The molecule has 0 amide bonds. The van der Waals surface area contributed by atoms with Crippen molar-refractivity contribution in [1.29, 1.82) is 0 Å². The van der Waals surface area contributed by atoms with Crippen molar-refractivity contribution in [3.05, 3.63) is 40.2 Å². The molecule has 1 aromatic carbocycles. The summed E-state index contributed by atoms with van der Waals surface area (Å²) >= 11 is 5.28. The lowest BCUT2D eigenvalue weighted by atomic mass is 10.1. The Morgan fingerprint density at radius 2 is 2.05 bits per heavy atom. The number of hydrogen-bond donors (Lipinski definition) is 1. The van der Waals surface area contributed by atoms with Crippen molar-refractivity contribution in [3.63, 3.8) is 0 Å². The number of rotatable bonds is 4. The molecule has 1 N–H and O–H groups in total. The van der Waals surface area contributed by atoms with E-state index in [1.54, 1.807) is 0 Å². The van der Waals surface area contributed by atoms with Crippen molar-refractivity contribution in [2.24, 2.45) is 0 Å². The number of hydrogen-bond acceptors (Lipinski definition) is 3. The molecular weight excluding hydrogens is 256 g/mol. The lowest BCUT2D eigenvalue weighted by molar-refractivity contribution is 0.583. The van der Waals surface area contributed by atoms with Crippen LogP contribution in [-0.4, -0.2) is 21.8 Å². The number of aromatic nitrogens is 3. The molecule has 0 aliphatic carbocycles. The van der Waals surface area contributed by atoms with Gasteiger partial charge in [-0.2, -0.15) is 0 Å². The summed E-state index contributed by atoms with van der Waals surface area (Å²) in [5.74, 6) is 0.878. The highest BCUT2D eigenvalue weighted by atomic mass is 32.1. The molecule has 5 heteroatoms. The SMILES string of the molecule is Cc1ccccc1CN(C)c1n[nH]c(=S)n1C(C)C.